The highest BCUT2D eigenvalue weighted by atomic mass is 32.1. The van der Waals surface area contributed by atoms with Crippen molar-refractivity contribution in [3.63, 3.8) is 0 Å². The quantitative estimate of drug-likeness (QED) is 0.166. The van der Waals surface area contributed by atoms with Gasteiger partial charge in [0.1, 0.15) is 0 Å². The third-order valence-corrected chi connectivity index (χ3v) is 11.9. The van der Waals surface area contributed by atoms with Crippen molar-refractivity contribution in [1.82, 2.24) is 0 Å². The molecule has 0 atom stereocenters. The van der Waals surface area contributed by atoms with Crippen molar-refractivity contribution in [2.75, 3.05) is 0 Å². The van der Waals surface area contributed by atoms with Gasteiger partial charge in [-0.25, -0.2) is 0 Å². The minimum atomic E-state index is 1.23. The van der Waals surface area contributed by atoms with Crippen molar-refractivity contribution >= 4 is 96.1 Å². The van der Waals surface area contributed by atoms with Crippen LogP contribution in [0.1, 0.15) is 0 Å². The average Bonchev–Trinajstić information content (AvgIpc) is 3.57. The topological polar surface area (TPSA) is 0 Å². The van der Waals surface area contributed by atoms with Crippen LogP contribution >= 0.6 is 11.3 Å². The van der Waals surface area contributed by atoms with Gasteiger partial charge in [0.25, 0.3) is 0 Å². The van der Waals surface area contributed by atoms with Gasteiger partial charge in [0.05, 0.1) is 0 Å². The molecule has 0 N–H and O–H groups in total. The highest BCUT2D eigenvalue weighted by molar-refractivity contribution is 7.27. The summed E-state index contributed by atoms with van der Waals surface area (Å²) < 4.78 is 2.72. The molecule has 0 spiro atoms. The van der Waals surface area contributed by atoms with Crippen LogP contribution in [0.2, 0.25) is 0 Å². The lowest BCUT2D eigenvalue weighted by Crippen LogP contribution is -1.85. The molecular formula is C48H28S. The maximum absolute atomic E-state index is 2.38. The lowest BCUT2D eigenvalue weighted by Gasteiger charge is -2.12. The number of benzene rings is 10. The Hall–Kier alpha value is -6.02. The van der Waals surface area contributed by atoms with E-state index >= 15 is 0 Å². The fourth-order valence-electron chi connectivity index (χ4n) is 8.40. The van der Waals surface area contributed by atoms with E-state index < -0.39 is 0 Å². The van der Waals surface area contributed by atoms with Crippen molar-refractivity contribution in [2.24, 2.45) is 0 Å². The molecule has 0 bridgehead atoms. The predicted octanol–water partition coefficient (Wildman–Crippen LogP) is 14.3. The van der Waals surface area contributed by atoms with Gasteiger partial charge in [-0.05, 0) is 87.6 Å². The second-order valence-electron chi connectivity index (χ2n) is 13.2. The molecule has 0 aliphatic rings. The van der Waals surface area contributed by atoms with Gasteiger partial charge >= 0.3 is 0 Å². The molecule has 0 radical (unpaired) electrons. The Labute approximate surface area is 287 Å². The normalized spacial score (nSPS) is 12.1. The average molecular weight is 637 g/mol. The Morgan fingerprint density at radius 2 is 0.633 bits per heavy atom. The smallest absolute Gasteiger partial charge is 0.0440 e. The third kappa shape index (κ3) is 3.85. The molecule has 1 heterocycles. The number of hydrogen-bond donors (Lipinski definition) is 0. The standard InChI is InChI=1S/C48H28S/c1-2-12-35-33(10-1)34-11-4-6-16-39(34)45-28-31(24-25-40(35)45)29-20-22-30(23-21-29)32-18-9-19-43-44-27-26-42-38-15-5-3-13-36(38)37-14-7-8-17-41(37)46(42)48(44)49-47(32)43/h1-28H. The summed E-state index contributed by atoms with van der Waals surface area (Å²) in [5, 5.41) is 18.5. The lowest BCUT2D eigenvalue weighted by molar-refractivity contribution is 1.63. The van der Waals surface area contributed by atoms with Gasteiger partial charge in [-0.2, -0.15) is 0 Å². The summed E-state index contributed by atoms with van der Waals surface area (Å²) in [5.41, 5.74) is 5.01. The van der Waals surface area contributed by atoms with Gasteiger partial charge in [0, 0.05) is 25.6 Å². The summed E-state index contributed by atoms with van der Waals surface area (Å²) in [6.07, 6.45) is 0. The van der Waals surface area contributed by atoms with Gasteiger partial charge in [0.2, 0.25) is 0 Å². The molecule has 11 rings (SSSR count). The van der Waals surface area contributed by atoms with E-state index in [0.717, 1.165) is 0 Å². The number of rotatable bonds is 2. The summed E-state index contributed by atoms with van der Waals surface area (Å²) >= 11 is 1.94. The molecule has 0 unspecified atom stereocenters. The molecule has 10 aromatic carbocycles. The molecule has 1 heteroatoms. The molecule has 1 aromatic heterocycles. The zero-order valence-corrected chi connectivity index (χ0v) is 27.4. The highest BCUT2D eigenvalue weighted by Crippen LogP contribution is 2.47. The molecule has 0 amide bonds. The molecule has 0 saturated carbocycles. The Morgan fingerprint density at radius 1 is 0.245 bits per heavy atom. The van der Waals surface area contributed by atoms with Crippen molar-refractivity contribution in [3.8, 4) is 22.3 Å². The second kappa shape index (κ2) is 10.2. The highest BCUT2D eigenvalue weighted by Gasteiger charge is 2.17. The van der Waals surface area contributed by atoms with Crippen LogP contribution in [-0.2, 0) is 0 Å². The molecule has 0 aliphatic heterocycles. The van der Waals surface area contributed by atoms with Crippen LogP contribution < -0.4 is 0 Å². The number of thiophene rings is 1. The van der Waals surface area contributed by atoms with Gasteiger partial charge in [-0.1, -0.05) is 164 Å². The molecule has 0 saturated heterocycles. The van der Waals surface area contributed by atoms with Crippen molar-refractivity contribution in [1.29, 1.82) is 0 Å². The van der Waals surface area contributed by atoms with Gasteiger partial charge in [-0.15, -0.1) is 11.3 Å². The predicted molar refractivity (Wildman–Crippen MR) is 215 cm³/mol. The largest absolute Gasteiger partial charge is 0.134 e. The Bertz CT molecular complexity index is 3070. The van der Waals surface area contributed by atoms with Crippen molar-refractivity contribution in [3.05, 3.63) is 170 Å². The van der Waals surface area contributed by atoms with E-state index in [2.05, 4.69) is 170 Å². The molecule has 0 fully saturated rings. The van der Waals surface area contributed by atoms with E-state index in [0.29, 0.717) is 0 Å². The van der Waals surface area contributed by atoms with Crippen molar-refractivity contribution < 1.29 is 0 Å². The van der Waals surface area contributed by atoms with Crippen LogP contribution in [0.4, 0.5) is 0 Å². The fourth-order valence-corrected chi connectivity index (χ4v) is 9.80. The van der Waals surface area contributed by atoms with Crippen LogP contribution in [0.5, 0.6) is 0 Å². The molecule has 49 heavy (non-hydrogen) atoms. The fraction of sp³-hybridized carbons (Fsp3) is 0. The number of hydrogen-bond acceptors (Lipinski definition) is 1. The van der Waals surface area contributed by atoms with Crippen LogP contribution in [0.25, 0.3) is 107 Å². The first-order valence-corrected chi connectivity index (χ1v) is 17.7. The summed E-state index contributed by atoms with van der Waals surface area (Å²) in [6, 6.07) is 63.0. The Balaban J connectivity index is 1.08. The van der Waals surface area contributed by atoms with E-state index in [1.807, 2.05) is 11.3 Å². The molecule has 0 nitrogen and oxygen atoms in total. The maximum Gasteiger partial charge on any atom is 0.0440 e. The molecule has 11 aromatic rings. The Morgan fingerprint density at radius 3 is 1.24 bits per heavy atom. The molecular weight excluding hydrogens is 609 g/mol. The molecule has 0 aliphatic carbocycles. The van der Waals surface area contributed by atoms with Crippen LogP contribution in [0.15, 0.2) is 170 Å². The maximum atomic E-state index is 2.38. The van der Waals surface area contributed by atoms with Crippen LogP contribution in [0.3, 0.4) is 0 Å². The lowest BCUT2D eigenvalue weighted by atomic mass is 9.91. The zero-order valence-electron chi connectivity index (χ0n) is 26.6. The Kier molecular flexibility index (Phi) is 5.64. The van der Waals surface area contributed by atoms with E-state index in [4.69, 9.17) is 0 Å². The van der Waals surface area contributed by atoms with Gasteiger partial charge in [-0.3, -0.25) is 0 Å². The first-order chi connectivity index (χ1) is 24.3. The second-order valence-corrected chi connectivity index (χ2v) is 14.2. The van der Waals surface area contributed by atoms with E-state index in [1.165, 1.54) is 107 Å². The summed E-state index contributed by atoms with van der Waals surface area (Å²) in [7, 11) is 0. The SMILES string of the molecule is c1cc(-c2ccc(-c3ccc4c5ccccc5c5ccccc5c4c3)cc2)c2sc3c(ccc4c5ccccc5c5ccccc5c43)c2c1. The van der Waals surface area contributed by atoms with Crippen LogP contribution in [-0.4, -0.2) is 0 Å². The first-order valence-electron chi connectivity index (χ1n) is 16.9. The monoisotopic (exact) mass is 636 g/mol. The first kappa shape index (κ1) is 27.0. The summed E-state index contributed by atoms with van der Waals surface area (Å²) in [6.45, 7) is 0. The number of fused-ring (bicyclic) bond motifs is 16. The zero-order chi connectivity index (χ0) is 32.1. The minimum absolute atomic E-state index is 1.23. The van der Waals surface area contributed by atoms with E-state index in [-0.39, 0.29) is 0 Å². The molecule has 226 valence electrons. The van der Waals surface area contributed by atoms with E-state index in [9.17, 15) is 0 Å². The van der Waals surface area contributed by atoms with E-state index in [1.54, 1.807) is 0 Å². The van der Waals surface area contributed by atoms with Gasteiger partial charge in [0.15, 0.2) is 0 Å². The van der Waals surface area contributed by atoms with Crippen molar-refractivity contribution in [2.45, 2.75) is 0 Å². The van der Waals surface area contributed by atoms with Crippen LogP contribution in [0, 0.1) is 0 Å². The summed E-state index contributed by atoms with van der Waals surface area (Å²) in [4.78, 5) is 0. The minimum Gasteiger partial charge on any atom is -0.134 e. The van der Waals surface area contributed by atoms with Gasteiger partial charge < -0.3 is 0 Å². The third-order valence-electron chi connectivity index (χ3n) is 10.6. The summed E-state index contributed by atoms with van der Waals surface area (Å²) in [5.74, 6) is 0.